The average molecular weight is 414 g/mol. The van der Waals surface area contributed by atoms with Crippen LogP contribution in [0.5, 0.6) is 0 Å². The normalized spacial score (nSPS) is 19.6. The van der Waals surface area contributed by atoms with Crippen molar-refractivity contribution >= 4 is 35.4 Å². The third-order valence-electron chi connectivity index (χ3n) is 5.09. The predicted octanol–water partition coefficient (Wildman–Crippen LogP) is 4.92. The first-order valence-corrected chi connectivity index (χ1v) is 10.5. The fraction of sp³-hybridized carbons (Fsp3) is 0.435. The van der Waals surface area contributed by atoms with Crippen LogP contribution in [0.2, 0.25) is 5.02 Å². The minimum atomic E-state index is 0.175. The number of carbonyl (C=O) groups is 1. The predicted molar refractivity (Wildman–Crippen MR) is 120 cm³/mol. The molecule has 0 atom stereocenters. The van der Waals surface area contributed by atoms with Crippen molar-refractivity contribution in [3.05, 3.63) is 51.7 Å². The Morgan fingerprint density at radius 3 is 2.55 bits per heavy atom. The van der Waals surface area contributed by atoms with Crippen LogP contribution < -0.4 is 0 Å². The van der Waals surface area contributed by atoms with E-state index in [2.05, 4.69) is 21.2 Å². The quantitative estimate of drug-likeness (QED) is 0.471. The molecule has 1 saturated heterocycles. The van der Waals surface area contributed by atoms with Gasteiger partial charge in [0, 0.05) is 35.9 Å². The van der Waals surface area contributed by atoms with Crippen molar-refractivity contribution in [1.29, 1.82) is 0 Å². The molecule has 1 aliphatic carbocycles. The van der Waals surface area contributed by atoms with E-state index in [1.54, 1.807) is 6.92 Å². The van der Waals surface area contributed by atoms with E-state index in [1.807, 2.05) is 37.4 Å². The van der Waals surface area contributed by atoms with Gasteiger partial charge in [-0.1, -0.05) is 23.7 Å². The zero-order valence-electron chi connectivity index (χ0n) is 17.2. The Labute approximate surface area is 177 Å². The highest BCUT2D eigenvalue weighted by molar-refractivity contribution is 6.30. The van der Waals surface area contributed by atoms with Crippen molar-refractivity contribution in [2.45, 2.75) is 39.5 Å². The maximum absolute atomic E-state index is 11.1. The van der Waals surface area contributed by atoms with Gasteiger partial charge in [-0.25, -0.2) is 0 Å². The molecular formula is C23H28ClN3O2. The summed E-state index contributed by atoms with van der Waals surface area (Å²) in [4.78, 5) is 13.5. The first-order valence-electron chi connectivity index (χ1n) is 10.1. The Morgan fingerprint density at radius 1 is 1.14 bits per heavy atom. The van der Waals surface area contributed by atoms with Gasteiger partial charge in [-0.05, 0) is 68.0 Å². The number of allylic oxidation sites excluding steroid dienone is 2. The van der Waals surface area contributed by atoms with Gasteiger partial charge < -0.3 is 14.4 Å². The molecule has 1 aromatic carbocycles. The summed E-state index contributed by atoms with van der Waals surface area (Å²) in [6, 6.07) is 7.92. The molecule has 3 rings (SSSR count). The van der Waals surface area contributed by atoms with Crippen molar-refractivity contribution in [2.75, 3.05) is 26.3 Å². The standard InChI is InChI=1S/C23H28ClN3O2/c1-17(3-4-18(2)28)26-25-16-21-8-7-20(15-19-5-9-22(24)10-6-19)23(21)27-11-13-29-14-12-27/h5-6,9-10,15-16H,3-4,7-8,11-14H2,1-2H3. The first-order chi connectivity index (χ1) is 14.0. The number of carbonyl (C=O) groups excluding carboxylic acids is 1. The van der Waals surface area contributed by atoms with Crippen LogP contribution in [0.4, 0.5) is 0 Å². The van der Waals surface area contributed by atoms with Crippen LogP contribution in [-0.4, -0.2) is 48.9 Å². The highest BCUT2D eigenvalue weighted by Crippen LogP contribution is 2.35. The molecule has 0 saturated carbocycles. The summed E-state index contributed by atoms with van der Waals surface area (Å²) in [5, 5.41) is 9.34. The van der Waals surface area contributed by atoms with Crippen molar-refractivity contribution < 1.29 is 9.53 Å². The minimum Gasteiger partial charge on any atom is -0.378 e. The zero-order valence-corrected chi connectivity index (χ0v) is 17.9. The molecule has 0 radical (unpaired) electrons. The fourth-order valence-corrected chi connectivity index (χ4v) is 3.66. The lowest BCUT2D eigenvalue weighted by Gasteiger charge is -2.31. The maximum Gasteiger partial charge on any atom is 0.130 e. The molecule has 0 aromatic heterocycles. The number of hydrogen-bond acceptors (Lipinski definition) is 5. The smallest absolute Gasteiger partial charge is 0.130 e. The molecule has 1 heterocycles. The van der Waals surface area contributed by atoms with Crippen LogP contribution in [0.15, 0.2) is 51.3 Å². The number of halogens is 1. The van der Waals surface area contributed by atoms with E-state index in [0.717, 1.165) is 55.4 Å². The van der Waals surface area contributed by atoms with Crippen molar-refractivity contribution in [3.8, 4) is 0 Å². The summed E-state index contributed by atoms with van der Waals surface area (Å²) in [6.07, 6.45) is 7.21. The Kier molecular flexibility index (Phi) is 7.78. The molecule has 1 aromatic rings. The molecule has 1 fully saturated rings. The highest BCUT2D eigenvalue weighted by atomic mass is 35.5. The number of ketones is 1. The molecule has 1 aliphatic heterocycles. The van der Waals surface area contributed by atoms with E-state index in [0.29, 0.717) is 12.8 Å². The fourth-order valence-electron chi connectivity index (χ4n) is 3.54. The van der Waals surface area contributed by atoms with Gasteiger partial charge >= 0.3 is 0 Å². The van der Waals surface area contributed by atoms with Crippen molar-refractivity contribution in [3.63, 3.8) is 0 Å². The van der Waals surface area contributed by atoms with E-state index >= 15 is 0 Å². The molecule has 154 valence electrons. The lowest BCUT2D eigenvalue weighted by Crippen LogP contribution is -2.36. The van der Waals surface area contributed by atoms with Crippen LogP contribution in [0.1, 0.15) is 45.1 Å². The molecule has 0 unspecified atom stereocenters. The van der Waals surface area contributed by atoms with Gasteiger partial charge in [-0.3, -0.25) is 0 Å². The molecule has 0 amide bonds. The van der Waals surface area contributed by atoms with Gasteiger partial charge in [0.05, 0.1) is 19.4 Å². The molecule has 0 bridgehead atoms. The molecule has 29 heavy (non-hydrogen) atoms. The zero-order chi connectivity index (χ0) is 20.6. The largest absolute Gasteiger partial charge is 0.378 e. The van der Waals surface area contributed by atoms with Crippen molar-refractivity contribution in [2.24, 2.45) is 10.2 Å². The number of rotatable bonds is 7. The maximum atomic E-state index is 11.1. The monoisotopic (exact) mass is 413 g/mol. The number of Topliss-reactive ketones (excluding diaryl/α,β-unsaturated/α-hetero) is 1. The summed E-state index contributed by atoms with van der Waals surface area (Å²) in [5.74, 6) is 0.175. The van der Waals surface area contributed by atoms with Crippen LogP contribution in [-0.2, 0) is 9.53 Å². The summed E-state index contributed by atoms with van der Waals surface area (Å²) in [7, 11) is 0. The number of nitrogens with zero attached hydrogens (tertiary/aromatic N) is 3. The number of morpholine rings is 1. The van der Waals surface area contributed by atoms with Gasteiger partial charge in [0.1, 0.15) is 5.78 Å². The second-order valence-electron chi connectivity index (χ2n) is 7.48. The lowest BCUT2D eigenvalue weighted by atomic mass is 10.1. The number of ether oxygens (including phenoxy) is 1. The SMILES string of the molecule is CC(=O)CCC(C)=NN=CC1=C(N2CCOCC2)C(=Cc2ccc(Cl)cc2)CC1. The molecule has 0 N–H and O–H groups in total. The topological polar surface area (TPSA) is 54.3 Å². The number of hydrogen-bond donors (Lipinski definition) is 0. The van der Waals surface area contributed by atoms with Gasteiger partial charge in [0.25, 0.3) is 0 Å². The summed E-state index contributed by atoms with van der Waals surface area (Å²) < 4.78 is 5.54. The van der Waals surface area contributed by atoms with E-state index in [9.17, 15) is 4.79 Å². The highest BCUT2D eigenvalue weighted by Gasteiger charge is 2.25. The number of benzene rings is 1. The van der Waals surface area contributed by atoms with E-state index < -0.39 is 0 Å². The van der Waals surface area contributed by atoms with E-state index in [1.165, 1.54) is 16.8 Å². The molecule has 0 spiro atoms. The third kappa shape index (κ3) is 6.38. The van der Waals surface area contributed by atoms with Crippen LogP contribution in [0.25, 0.3) is 6.08 Å². The summed E-state index contributed by atoms with van der Waals surface area (Å²) >= 11 is 6.02. The molecular weight excluding hydrogens is 386 g/mol. The van der Waals surface area contributed by atoms with Crippen molar-refractivity contribution in [1.82, 2.24) is 4.90 Å². The lowest BCUT2D eigenvalue weighted by molar-refractivity contribution is -0.116. The van der Waals surface area contributed by atoms with Crippen LogP contribution >= 0.6 is 11.6 Å². The molecule has 5 nitrogen and oxygen atoms in total. The molecule has 2 aliphatic rings. The Morgan fingerprint density at radius 2 is 1.86 bits per heavy atom. The Hall–Kier alpha value is -2.24. The van der Waals surface area contributed by atoms with Gasteiger partial charge in [0.15, 0.2) is 0 Å². The second kappa shape index (κ2) is 10.5. The summed E-state index contributed by atoms with van der Waals surface area (Å²) in [6.45, 7) is 6.76. The second-order valence-corrected chi connectivity index (χ2v) is 7.91. The first kappa shape index (κ1) is 21.5. The van der Waals surface area contributed by atoms with Crippen LogP contribution in [0, 0.1) is 0 Å². The summed E-state index contributed by atoms with van der Waals surface area (Å²) in [5.41, 5.74) is 5.79. The van der Waals surface area contributed by atoms with E-state index in [4.69, 9.17) is 16.3 Å². The third-order valence-corrected chi connectivity index (χ3v) is 5.34. The Bertz CT molecular complexity index is 847. The Balaban J connectivity index is 1.84. The van der Waals surface area contributed by atoms with Crippen LogP contribution in [0.3, 0.4) is 0 Å². The van der Waals surface area contributed by atoms with E-state index in [-0.39, 0.29) is 5.78 Å². The average Bonchev–Trinajstić information content (AvgIpc) is 3.11. The minimum absolute atomic E-state index is 0.175. The van der Waals surface area contributed by atoms with Gasteiger partial charge in [-0.2, -0.15) is 10.2 Å². The molecule has 6 heteroatoms. The van der Waals surface area contributed by atoms with Gasteiger partial charge in [-0.15, -0.1) is 0 Å². The van der Waals surface area contributed by atoms with Gasteiger partial charge in [0.2, 0.25) is 0 Å².